The second-order valence-corrected chi connectivity index (χ2v) is 7.02. The number of hydrogen-bond donors (Lipinski definition) is 2. The zero-order valence-electron chi connectivity index (χ0n) is 16.4. The zero-order chi connectivity index (χ0) is 21.8. The third-order valence-electron chi connectivity index (χ3n) is 4.63. The summed E-state index contributed by atoms with van der Waals surface area (Å²) in [5, 5.41) is 5.16. The zero-order valence-corrected chi connectivity index (χ0v) is 17.2. The average Bonchev–Trinajstić information content (AvgIpc) is 2.91. The number of aromatic nitrogens is 2. The minimum atomic E-state index is -0.546. The Morgan fingerprint density at radius 3 is 2.50 bits per heavy atom. The Morgan fingerprint density at radius 1 is 1.13 bits per heavy atom. The molecular formula is C21H20ClFN4O3. The summed E-state index contributed by atoms with van der Waals surface area (Å²) >= 11 is 5.86. The van der Waals surface area contributed by atoms with Crippen molar-refractivity contribution in [3.8, 4) is 5.69 Å². The van der Waals surface area contributed by atoms with Crippen molar-refractivity contribution in [1.29, 1.82) is 0 Å². The summed E-state index contributed by atoms with van der Waals surface area (Å²) in [7, 11) is 1.73. The van der Waals surface area contributed by atoms with Gasteiger partial charge in [0, 0.05) is 20.0 Å². The van der Waals surface area contributed by atoms with E-state index in [2.05, 4.69) is 10.6 Å². The number of halogens is 2. The highest BCUT2D eigenvalue weighted by molar-refractivity contribution is 6.33. The predicted octanol–water partition coefficient (Wildman–Crippen LogP) is 3.04. The van der Waals surface area contributed by atoms with Gasteiger partial charge in [0.25, 0.3) is 11.5 Å². The lowest BCUT2D eigenvalue weighted by molar-refractivity contribution is -0.116. The van der Waals surface area contributed by atoms with Gasteiger partial charge in [-0.15, -0.1) is 0 Å². The van der Waals surface area contributed by atoms with Crippen LogP contribution in [0.4, 0.5) is 10.1 Å². The van der Waals surface area contributed by atoms with E-state index in [-0.39, 0.29) is 34.8 Å². The normalized spacial score (nSPS) is 10.7. The number of amides is 2. The highest BCUT2D eigenvalue weighted by atomic mass is 35.5. The molecule has 0 aliphatic heterocycles. The number of benzene rings is 2. The largest absolute Gasteiger partial charge is 0.351 e. The number of anilines is 1. The molecule has 30 heavy (non-hydrogen) atoms. The van der Waals surface area contributed by atoms with Crippen molar-refractivity contribution in [2.45, 2.75) is 13.3 Å². The molecule has 0 unspecified atom stereocenters. The predicted molar refractivity (Wildman–Crippen MR) is 113 cm³/mol. The Balaban J connectivity index is 1.64. The van der Waals surface area contributed by atoms with Crippen LogP contribution in [0.25, 0.3) is 5.69 Å². The van der Waals surface area contributed by atoms with Crippen LogP contribution in [0.2, 0.25) is 5.02 Å². The number of nitrogens with one attached hydrogen (secondary N) is 2. The van der Waals surface area contributed by atoms with Crippen LogP contribution in [0.15, 0.2) is 53.3 Å². The molecule has 0 spiro atoms. The van der Waals surface area contributed by atoms with Crippen molar-refractivity contribution in [3.05, 3.63) is 81.0 Å². The van der Waals surface area contributed by atoms with Crippen LogP contribution in [0.5, 0.6) is 0 Å². The van der Waals surface area contributed by atoms with Crippen LogP contribution < -0.4 is 16.2 Å². The number of rotatable bonds is 6. The van der Waals surface area contributed by atoms with Crippen molar-refractivity contribution in [3.63, 3.8) is 0 Å². The number of para-hydroxylation sites is 1. The Hall–Kier alpha value is -3.39. The molecule has 2 N–H and O–H groups in total. The monoisotopic (exact) mass is 430 g/mol. The fourth-order valence-corrected chi connectivity index (χ4v) is 3.23. The average molecular weight is 431 g/mol. The summed E-state index contributed by atoms with van der Waals surface area (Å²) in [5.74, 6) is -1.49. The summed E-state index contributed by atoms with van der Waals surface area (Å²) < 4.78 is 16.2. The molecule has 0 fully saturated rings. The number of carbonyl (C=O) groups is 2. The van der Waals surface area contributed by atoms with Crippen molar-refractivity contribution in [1.82, 2.24) is 14.7 Å². The van der Waals surface area contributed by atoms with Gasteiger partial charge in [-0.1, -0.05) is 29.8 Å². The van der Waals surface area contributed by atoms with Gasteiger partial charge in [0.2, 0.25) is 5.91 Å². The van der Waals surface area contributed by atoms with E-state index in [4.69, 9.17) is 11.6 Å². The van der Waals surface area contributed by atoms with Gasteiger partial charge in [0.05, 0.1) is 22.0 Å². The van der Waals surface area contributed by atoms with Crippen molar-refractivity contribution < 1.29 is 14.0 Å². The maximum atomic E-state index is 13.1. The van der Waals surface area contributed by atoms with Crippen LogP contribution in [-0.4, -0.2) is 27.7 Å². The number of hydrogen-bond acceptors (Lipinski definition) is 3. The Bertz CT molecular complexity index is 1160. The highest BCUT2D eigenvalue weighted by Gasteiger charge is 2.18. The quantitative estimate of drug-likeness (QED) is 0.630. The van der Waals surface area contributed by atoms with E-state index in [9.17, 15) is 18.8 Å². The van der Waals surface area contributed by atoms with E-state index in [0.717, 1.165) is 12.1 Å². The molecule has 0 aliphatic rings. The first kappa shape index (κ1) is 21.3. The Labute approximate surface area is 177 Å². The fraction of sp³-hybridized carbons (Fsp3) is 0.190. The molecule has 156 valence electrons. The minimum Gasteiger partial charge on any atom is -0.351 e. The first-order valence-electron chi connectivity index (χ1n) is 9.16. The van der Waals surface area contributed by atoms with Gasteiger partial charge in [-0.25, -0.2) is 9.07 Å². The molecule has 1 heterocycles. The van der Waals surface area contributed by atoms with Crippen LogP contribution in [0.3, 0.4) is 0 Å². The van der Waals surface area contributed by atoms with Gasteiger partial charge in [0.1, 0.15) is 11.5 Å². The SMILES string of the molecule is Cc1c(NC(=O)CCNC(=O)c2ccc(F)cc2Cl)c(=O)n(-c2ccccc2)n1C. The third kappa shape index (κ3) is 4.44. The molecule has 2 aromatic carbocycles. The second-order valence-electron chi connectivity index (χ2n) is 6.61. The van der Waals surface area contributed by atoms with Gasteiger partial charge < -0.3 is 10.6 Å². The van der Waals surface area contributed by atoms with E-state index >= 15 is 0 Å². The summed E-state index contributed by atoms with van der Waals surface area (Å²) in [4.78, 5) is 37.2. The number of carbonyl (C=O) groups excluding carboxylic acids is 2. The molecule has 7 nitrogen and oxygen atoms in total. The highest BCUT2D eigenvalue weighted by Crippen LogP contribution is 2.17. The van der Waals surface area contributed by atoms with Gasteiger partial charge in [-0.3, -0.25) is 19.1 Å². The Morgan fingerprint density at radius 2 is 1.83 bits per heavy atom. The summed E-state index contributed by atoms with van der Waals surface area (Å²) in [6, 6.07) is 12.5. The van der Waals surface area contributed by atoms with Crippen molar-refractivity contribution in [2.24, 2.45) is 7.05 Å². The van der Waals surface area contributed by atoms with E-state index < -0.39 is 17.6 Å². The maximum absolute atomic E-state index is 13.1. The standard InChI is InChI=1S/C21H20ClFN4O3/c1-13-19(21(30)27(26(13)2)15-6-4-3-5-7-15)25-18(28)10-11-24-20(29)16-9-8-14(23)12-17(16)22/h3-9,12H,10-11H2,1-2H3,(H,24,29)(H,25,28). The van der Waals surface area contributed by atoms with Crippen molar-refractivity contribution >= 4 is 29.1 Å². The van der Waals surface area contributed by atoms with E-state index in [1.807, 2.05) is 18.2 Å². The number of nitrogens with zero attached hydrogens (tertiary/aromatic N) is 2. The Kier molecular flexibility index (Phi) is 6.37. The van der Waals surface area contributed by atoms with E-state index in [1.165, 1.54) is 10.7 Å². The third-order valence-corrected chi connectivity index (χ3v) is 4.94. The molecule has 0 saturated heterocycles. The van der Waals surface area contributed by atoms with E-state index in [0.29, 0.717) is 11.4 Å². The van der Waals surface area contributed by atoms with Crippen molar-refractivity contribution in [2.75, 3.05) is 11.9 Å². The van der Waals surface area contributed by atoms with Crippen LogP contribution >= 0.6 is 11.6 Å². The second kappa shape index (κ2) is 8.96. The molecule has 3 rings (SSSR count). The summed E-state index contributed by atoms with van der Waals surface area (Å²) in [5.41, 5.74) is 1.22. The molecule has 0 atom stereocenters. The van der Waals surface area contributed by atoms with Gasteiger partial charge >= 0.3 is 0 Å². The van der Waals surface area contributed by atoms with Gasteiger partial charge in [-0.05, 0) is 37.3 Å². The fourth-order valence-electron chi connectivity index (χ4n) is 2.97. The molecule has 0 saturated carbocycles. The molecular weight excluding hydrogens is 411 g/mol. The van der Waals surface area contributed by atoms with Gasteiger partial charge in [0.15, 0.2) is 0 Å². The maximum Gasteiger partial charge on any atom is 0.295 e. The van der Waals surface area contributed by atoms with Gasteiger partial charge in [-0.2, -0.15) is 0 Å². The first-order chi connectivity index (χ1) is 14.3. The molecule has 2 amide bonds. The van der Waals surface area contributed by atoms with Crippen LogP contribution in [0, 0.1) is 12.7 Å². The first-order valence-corrected chi connectivity index (χ1v) is 9.54. The minimum absolute atomic E-state index is 0.0154. The lowest BCUT2D eigenvalue weighted by Gasteiger charge is -2.07. The summed E-state index contributed by atoms with van der Waals surface area (Å²) in [6.07, 6.45) is -0.0519. The topological polar surface area (TPSA) is 85.1 Å². The lowest BCUT2D eigenvalue weighted by Crippen LogP contribution is -2.29. The molecule has 3 aromatic rings. The molecule has 0 bridgehead atoms. The molecule has 0 radical (unpaired) electrons. The van der Waals surface area contributed by atoms with Crippen LogP contribution in [0.1, 0.15) is 22.5 Å². The molecule has 9 heteroatoms. The smallest absolute Gasteiger partial charge is 0.295 e. The summed E-state index contributed by atoms with van der Waals surface area (Å²) in [6.45, 7) is 1.76. The molecule has 1 aromatic heterocycles. The van der Waals surface area contributed by atoms with Crippen LogP contribution in [-0.2, 0) is 11.8 Å². The lowest BCUT2D eigenvalue weighted by atomic mass is 10.2. The molecule has 0 aliphatic carbocycles. The van der Waals surface area contributed by atoms with E-state index in [1.54, 1.807) is 30.8 Å².